The van der Waals surface area contributed by atoms with Crippen molar-refractivity contribution in [2.24, 2.45) is 40.7 Å². The summed E-state index contributed by atoms with van der Waals surface area (Å²) in [6.07, 6.45) is 31.3. The van der Waals surface area contributed by atoms with E-state index in [0.29, 0.717) is 11.5 Å². The van der Waals surface area contributed by atoms with Gasteiger partial charge in [-0.2, -0.15) is 0 Å². The van der Waals surface area contributed by atoms with E-state index in [9.17, 15) is 0 Å². The van der Waals surface area contributed by atoms with E-state index in [-0.39, 0.29) is 6.73 Å². The Hall–Kier alpha value is -0.380. The van der Waals surface area contributed by atoms with E-state index in [0.717, 1.165) is 29.6 Å². The number of allylic oxidation sites excluding steroid dienone is 1. The van der Waals surface area contributed by atoms with Crippen LogP contribution in [-0.2, 0) is 4.74 Å². The number of unbranched alkanes of at least 4 members (excludes halogenated alkanes) is 7. The first-order valence-electron chi connectivity index (χ1n) is 18.8. The second-order valence-electron chi connectivity index (χ2n) is 14.2. The molecule has 3 aliphatic rings. The molecule has 3 heteroatoms. The quantitative estimate of drug-likeness (QED) is 0.120. The summed E-state index contributed by atoms with van der Waals surface area (Å²) >= 11 is 0. The zero-order valence-corrected chi connectivity index (χ0v) is 30.3. The number of methoxy groups -OCH3 is 1. The predicted molar refractivity (Wildman–Crippen MR) is 188 cm³/mol. The summed E-state index contributed by atoms with van der Waals surface area (Å²) < 4.78 is 5.65. The minimum absolute atomic E-state index is 0.250. The summed E-state index contributed by atoms with van der Waals surface area (Å²) in [5.41, 5.74) is 6.73. The molecule has 0 heterocycles. The maximum absolute atomic E-state index is 7.35. The molecule has 6 atom stereocenters. The molecule has 0 amide bonds. The predicted octanol–water partition coefficient (Wildman–Crippen LogP) is 11.9. The van der Waals surface area contributed by atoms with Gasteiger partial charge in [-0.25, -0.2) is 0 Å². The van der Waals surface area contributed by atoms with Crippen molar-refractivity contribution in [1.29, 1.82) is 0 Å². The molecule has 0 spiro atoms. The Labute approximate surface area is 265 Å². The Bertz CT molecular complexity index is 626. The molecule has 0 aromatic heterocycles. The van der Waals surface area contributed by atoms with E-state index in [1.54, 1.807) is 5.57 Å². The fraction of sp³-hybridized carbons (Fsp3) is 0.949. The number of nitrogens with two attached hydrogens (primary N) is 1. The first kappa shape index (κ1) is 41.6. The summed E-state index contributed by atoms with van der Waals surface area (Å²) in [7, 11) is 1.89. The lowest BCUT2D eigenvalue weighted by Crippen LogP contribution is -2.40. The lowest BCUT2D eigenvalue weighted by molar-refractivity contribution is 0.0160. The Kier molecular flexibility index (Phi) is 25.7. The van der Waals surface area contributed by atoms with Crippen LogP contribution in [0.1, 0.15) is 184 Å². The van der Waals surface area contributed by atoms with E-state index in [2.05, 4.69) is 53.4 Å². The van der Waals surface area contributed by atoms with Gasteiger partial charge in [0, 0.05) is 7.11 Å². The molecule has 3 saturated carbocycles. The number of aliphatic hydroxyl groups is 1. The van der Waals surface area contributed by atoms with Crippen LogP contribution in [0.15, 0.2) is 11.6 Å². The van der Waals surface area contributed by atoms with Crippen molar-refractivity contribution in [3.63, 3.8) is 0 Å². The second kappa shape index (κ2) is 25.9. The molecule has 3 fully saturated rings. The van der Waals surface area contributed by atoms with Gasteiger partial charge in [0.15, 0.2) is 0 Å². The largest absolute Gasteiger partial charge is 0.382 e. The first-order chi connectivity index (χ1) is 20.3. The van der Waals surface area contributed by atoms with Crippen LogP contribution in [0.5, 0.6) is 0 Å². The average Bonchev–Trinajstić information content (AvgIpc) is 3.32. The van der Waals surface area contributed by atoms with E-state index in [1.807, 2.05) is 21.0 Å². The number of fused-ring (bicyclic) bond motifs is 1. The van der Waals surface area contributed by atoms with Gasteiger partial charge in [0.05, 0.1) is 12.8 Å². The number of ether oxygens (including phenoxy) is 1. The van der Waals surface area contributed by atoms with Gasteiger partial charge in [-0.1, -0.05) is 131 Å². The maximum atomic E-state index is 7.35. The van der Waals surface area contributed by atoms with Crippen molar-refractivity contribution >= 4 is 0 Å². The molecule has 0 bridgehead atoms. The van der Waals surface area contributed by atoms with Crippen LogP contribution in [0.2, 0.25) is 0 Å². The summed E-state index contributed by atoms with van der Waals surface area (Å²) in [4.78, 5) is 0. The summed E-state index contributed by atoms with van der Waals surface area (Å²) in [5, 5.41) is 7.35. The Morgan fingerprint density at radius 3 is 2.14 bits per heavy atom. The SMILES string of the molecule is CC.CCCCCCCCC.COC1CCC/C(=C\CC2C(C)CCC3(C)C(CCCCC(C)C)CCC23)C1.NCO. The molecule has 3 aliphatic carbocycles. The highest BCUT2D eigenvalue weighted by Gasteiger charge is 2.52. The highest BCUT2D eigenvalue weighted by Crippen LogP contribution is 2.60. The van der Waals surface area contributed by atoms with Crippen LogP contribution < -0.4 is 5.73 Å². The lowest BCUT2D eigenvalue weighted by atomic mass is 9.57. The van der Waals surface area contributed by atoms with Gasteiger partial charge >= 0.3 is 0 Å². The molecule has 0 aromatic rings. The third kappa shape index (κ3) is 16.1. The number of hydrogen-bond acceptors (Lipinski definition) is 3. The van der Waals surface area contributed by atoms with Gasteiger partial charge < -0.3 is 15.6 Å². The van der Waals surface area contributed by atoms with Crippen molar-refractivity contribution in [3.8, 4) is 0 Å². The summed E-state index contributed by atoms with van der Waals surface area (Å²) in [6.45, 7) is 18.3. The number of hydrogen-bond donors (Lipinski definition) is 2. The molecule has 0 saturated heterocycles. The van der Waals surface area contributed by atoms with Crippen LogP contribution in [0, 0.1) is 35.0 Å². The summed E-state index contributed by atoms with van der Waals surface area (Å²) in [6, 6.07) is 0. The molecule has 42 heavy (non-hydrogen) atoms. The van der Waals surface area contributed by atoms with Crippen molar-refractivity contribution < 1.29 is 9.84 Å². The van der Waals surface area contributed by atoms with Crippen molar-refractivity contribution in [3.05, 3.63) is 11.6 Å². The Balaban J connectivity index is 0.00000101. The number of rotatable bonds is 14. The second-order valence-corrected chi connectivity index (χ2v) is 14.2. The highest BCUT2D eigenvalue weighted by molar-refractivity contribution is 5.09. The molecular weight excluding hydrogens is 514 g/mol. The van der Waals surface area contributed by atoms with Gasteiger partial charge in [-0.05, 0) is 99.2 Å². The monoisotopic (exact) mass is 594 g/mol. The molecule has 0 aliphatic heterocycles. The lowest BCUT2D eigenvalue weighted by Gasteiger charge is -2.48. The highest BCUT2D eigenvalue weighted by atomic mass is 16.5. The zero-order chi connectivity index (χ0) is 31.8. The summed E-state index contributed by atoms with van der Waals surface area (Å²) in [5.74, 6) is 4.69. The third-order valence-corrected chi connectivity index (χ3v) is 10.8. The molecule has 3 N–H and O–H groups in total. The van der Waals surface area contributed by atoms with Crippen LogP contribution in [0.25, 0.3) is 0 Å². The average molecular weight is 594 g/mol. The van der Waals surface area contributed by atoms with Crippen molar-refractivity contribution in [1.82, 2.24) is 0 Å². The fourth-order valence-corrected chi connectivity index (χ4v) is 8.17. The van der Waals surface area contributed by atoms with Gasteiger partial charge in [0.2, 0.25) is 0 Å². The van der Waals surface area contributed by atoms with E-state index < -0.39 is 0 Å². The minimum atomic E-state index is -0.250. The third-order valence-electron chi connectivity index (χ3n) is 10.8. The Morgan fingerprint density at radius 1 is 0.952 bits per heavy atom. The topological polar surface area (TPSA) is 55.5 Å². The minimum Gasteiger partial charge on any atom is -0.382 e. The molecular formula is C39H79NO2. The maximum Gasteiger partial charge on any atom is 0.0906 e. The first-order valence-corrected chi connectivity index (χ1v) is 18.8. The van der Waals surface area contributed by atoms with E-state index in [4.69, 9.17) is 9.84 Å². The van der Waals surface area contributed by atoms with E-state index in [1.165, 1.54) is 128 Å². The molecule has 3 rings (SSSR count). The van der Waals surface area contributed by atoms with E-state index >= 15 is 0 Å². The zero-order valence-electron chi connectivity index (χ0n) is 30.3. The van der Waals surface area contributed by atoms with Crippen LogP contribution >= 0.6 is 0 Å². The van der Waals surface area contributed by atoms with Crippen LogP contribution in [0.4, 0.5) is 0 Å². The number of aliphatic hydroxyl groups excluding tert-OH is 1. The molecule has 3 nitrogen and oxygen atoms in total. The molecule has 252 valence electrons. The van der Waals surface area contributed by atoms with Gasteiger partial charge in [0.1, 0.15) is 0 Å². The molecule has 0 radical (unpaired) electrons. The standard InChI is InChI=1S/C27H48O.C9H20.C2H6.CH5NO/c1-20(2)9-6-7-11-23-14-16-26-25(21(3)17-18-27(23,26)4)15-13-22-10-8-12-24(19-22)28-5;1-3-5-7-9-8-6-4-2;1-2;2-1-3/h13,20-21,23-26H,6-12,14-19H2,1-5H3;3-9H2,1-2H3;1-2H3;3H,1-2H2/b22-13+;;;. The van der Waals surface area contributed by atoms with Gasteiger partial charge in [-0.15, -0.1) is 0 Å². The molecule has 6 unspecified atom stereocenters. The van der Waals surface area contributed by atoms with Crippen LogP contribution in [-0.4, -0.2) is 25.1 Å². The Morgan fingerprint density at radius 2 is 1.57 bits per heavy atom. The van der Waals surface area contributed by atoms with Gasteiger partial charge in [0.25, 0.3) is 0 Å². The smallest absolute Gasteiger partial charge is 0.0906 e. The normalized spacial score (nSPS) is 29.5. The fourth-order valence-electron chi connectivity index (χ4n) is 8.17. The van der Waals surface area contributed by atoms with Crippen LogP contribution in [0.3, 0.4) is 0 Å². The molecule has 0 aromatic carbocycles. The van der Waals surface area contributed by atoms with Crippen molar-refractivity contribution in [2.75, 3.05) is 13.8 Å². The van der Waals surface area contributed by atoms with Gasteiger partial charge in [-0.3, -0.25) is 0 Å². The van der Waals surface area contributed by atoms with Crippen molar-refractivity contribution in [2.45, 2.75) is 190 Å².